The van der Waals surface area contributed by atoms with Gasteiger partial charge < -0.3 is 0 Å². The van der Waals surface area contributed by atoms with Crippen molar-refractivity contribution in [1.82, 2.24) is 9.78 Å². The molecule has 84 valence electrons. The Bertz CT molecular complexity index is 508. The average molecular weight is 371 g/mol. The molecule has 0 bridgehead atoms. The minimum absolute atomic E-state index is 0.313. The Morgan fingerprint density at radius 3 is 2.69 bits per heavy atom. The molecule has 1 aromatic carbocycles. The Balaban J connectivity index is 2.29. The van der Waals surface area contributed by atoms with Gasteiger partial charge in [0.05, 0.1) is 11.6 Å². The van der Waals surface area contributed by atoms with E-state index in [-0.39, 0.29) is 5.82 Å². The van der Waals surface area contributed by atoms with Gasteiger partial charge in [0, 0.05) is 11.2 Å². The van der Waals surface area contributed by atoms with Gasteiger partial charge in [0.1, 0.15) is 9.52 Å². The molecule has 0 aliphatic carbocycles. The van der Waals surface area contributed by atoms with E-state index in [4.69, 9.17) is 23.2 Å². The van der Waals surface area contributed by atoms with Crippen LogP contribution in [0.3, 0.4) is 0 Å². The topological polar surface area (TPSA) is 17.8 Å². The Morgan fingerprint density at radius 2 is 2.06 bits per heavy atom. The van der Waals surface area contributed by atoms with Crippen LogP contribution in [0.15, 0.2) is 24.4 Å². The molecule has 0 atom stereocenters. The van der Waals surface area contributed by atoms with Gasteiger partial charge in [-0.25, -0.2) is 4.39 Å². The molecule has 0 spiro atoms. The van der Waals surface area contributed by atoms with E-state index in [0.717, 1.165) is 0 Å². The third-order valence-electron chi connectivity index (χ3n) is 2.02. The van der Waals surface area contributed by atoms with Gasteiger partial charge in [-0.15, -0.1) is 0 Å². The molecule has 6 heteroatoms. The maximum absolute atomic E-state index is 13.0. The fraction of sp³-hybridized carbons (Fsp3) is 0.100. The second-order valence-corrected chi connectivity index (χ2v) is 5.04. The zero-order chi connectivity index (χ0) is 11.7. The molecule has 1 aromatic heterocycles. The maximum Gasteiger partial charge on any atom is 0.141 e. The fourth-order valence-corrected chi connectivity index (χ4v) is 2.04. The van der Waals surface area contributed by atoms with Gasteiger partial charge in [0.15, 0.2) is 0 Å². The molecule has 0 saturated heterocycles. The first-order valence-electron chi connectivity index (χ1n) is 4.38. The summed E-state index contributed by atoms with van der Waals surface area (Å²) >= 11 is 13.9. The number of rotatable bonds is 2. The third kappa shape index (κ3) is 2.67. The molecular weight excluding hydrogens is 365 g/mol. The smallest absolute Gasteiger partial charge is 0.141 e. The molecule has 2 rings (SSSR count). The largest absolute Gasteiger partial charge is 0.266 e. The second-order valence-electron chi connectivity index (χ2n) is 3.20. The van der Waals surface area contributed by atoms with Crippen molar-refractivity contribution < 1.29 is 4.39 Å². The Hall–Kier alpha value is -0.330. The van der Waals surface area contributed by atoms with Crippen LogP contribution in [0.5, 0.6) is 0 Å². The van der Waals surface area contributed by atoms with Crippen molar-refractivity contribution in [1.29, 1.82) is 0 Å². The van der Waals surface area contributed by atoms with E-state index in [1.807, 2.05) is 22.6 Å². The SMILES string of the molecule is Fc1ccc(Cl)c(Cn2cc(Cl)c(I)n2)c1. The Morgan fingerprint density at radius 1 is 1.31 bits per heavy atom. The molecular formula is C10H6Cl2FIN2. The van der Waals surface area contributed by atoms with Gasteiger partial charge in [-0.05, 0) is 46.4 Å². The third-order valence-corrected chi connectivity index (χ3v) is 3.78. The van der Waals surface area contributed by atoms with E-state index in [1.165, 1.54) is 18.2 Å². The zero-order valence-electron chi connectivity index (χ0n) is 7.92. The van der Waals surface area contributed by atoms with Gasteiger partial charge in [-0.1, -0.05) is 23.2 Å². The van der Waals surface area contributed by atoms with Crippen molar-refractivity contribution in [3.8, 4) is 0 Å². The minimum Gasteiger partial charge on any atom is -0.266 e. The molecule has 2 aromatic rings. The van der Waals surface area contributed by atoms with Gasteiger partial charge >= 0.3 is 0 Å². The van der Waals surface area contributed by atoms with Crippen LogP contribution in [0.25, 0.3) is 0 Å². The predicted molar refractivity (Wildman–Crippen MR) is 70.5 cm³/mol. The molecule has 0 saturated carbocycles. The van der Waals surface area contributed by atoms with E-state index >= 15 is 0 Å². The number of hydrogen-bond acceptors (Lipinski definition) is 1. The summed E-state index contributed by atoms with van der Waals surface area (Å²) in [6, 6.07) is 4.25. The molecule has 0 amide bonds. The van der Waals surface area contributed by atoms with E-state index in [2.05, 4.69) is 5.10 Å². The van der Waals surface area contributed by atoms with Crippen molar-refractivity contribution >= 4 is 45.8 Å². The molecule has 0 radical (unpaired) electrons. The summed E-state index contributed by atoms with van der Waals surface area (Å²) in [5.74, 6) is -0.313. The number of benzene rings is 1. The lowest BCUT2D eigenvalue weighted by Crippen LogP contribution is -2.01. The van der Waals surface area contributed by atoms with Gasteiger partial charge in [0.2, 0.25) is 0 Å². The van der Waals surface area contributed by atoms with Crippen LogP contribution in [0.1, 0.15) is 5.56 Å². The lowest BCUT2D eigenvalue weighted by Gasteiger charge is -2.04. The summed E-state index contributed by atoms with van der Waals surface area (Å²) in [5, 5.41) is 5.26. The van der Waals surface area contributed by atoms with Crippen LogP contribution in [-0.4, -0.2) is 9.78 Å². The highest BCUT2D eigenvalue weighted by atomic mass is 127. The summed E-state index contributed by atoms with van der Waals surface area (Å²) in [4.78, 5) is 0. The van der Waals surface area contributed by atoms with Crippen LogP contribution in [0.2, 0.25) is 10.0 Å². The summed E-state index contributed by atoms with van der Waals surface area (Å²) in [6.45, 7) is 0.402. The first-order valence-corrected chi connectivity index (χ1v) is 6.22. The zero-order valence-corrected chi connectivity index (χ0v) is 11.6. The predicted octanol–water partition coefficient (Wildman–Crippen LogP) is 3.98. The van der Waals surface area contributed by atoms with Crippen LogP contribution in [0.4, 0.5) is 4.39 Å². The highest BCUT2D eigenvalue weighted by molar-refractivity contribution is 14.1. The summed E-state index contributed by atoms with van der Waals surface area (Å²) in [6.07, 6.45) is 1.69. The van der Waals surface area contributed by atoms with Gasteiger partial charge in [-0.3, -0.25) is 4.68 Å². The maximum atomic E-state index is 13.0. The molecule has 16 heavy (non-hydrogen) atoms. The lowest BCUT2D eigenvalue weighted by atomic mass is 10.2. The van der Waals surface area contributed by atoms with Crippen molar-refractivity contribution in [2.24, 2.45) is 0 Å². The highest BCUT2D eigenvalue weighted by Gasteiger charge is 2.07. The minimum atomic E-state index is -0.313. The van der Waals surface area contributed by atoms with E-state index in [1.54, 1.807) is 10.9 Å². The molecule has 1 heterocycles. The monoisotopic (exact) mass is 370 g/mol. The van der Waals surface area contributed by atoms with Gasteiger partial charge in [0.25, 0.3) is 0 Å². The molecule has 0 aliphatic rings. The highest BCUT2D eigenvalue weighted by Crippen LogP contribution is 2.20. The lowest BCUT2D eigenvalue weighted by molar-refractivity contribution is 0.619. The summed E-state index contributed by atoms with van der Waals surface area (Å²) in [5.41, 5.74) is 0.678. The van der Waals surface area contributed by atoms with E-state index in [9.17, 15) is 4.39 Å². The quantitative estimate of drug-likeness (QED) is 0.731. The van der Waals surface area contributed by atoms with Crippen LogP contribution < -0.4 is 0 Å². The Kier molecular flexibility index (Phi) is 3.71. The number of nitrogens with zero attached hydrogens (tertiary/aromatic N) is 2. The standard InChI is InChI=1S/C10H6Cl2FIN2/c11-8-2-1-7(13)3-6(8)4-16-5-9(12)10(14)15-16/h1-3,5H,4H2. The average Bonchev–Trinajstić information content (AvgIpc) is 2.52. The molecule has 0 N–H and O–H groups in total. The second kappa shape index (κ2) is 4.89. The van der Waals surface area contributed by atoms with Crippen molar-refractivity contribution in [3.63, 3.8) is 0 Å². The van der Waals surface area contributed by atoms with E-state index in [0.29, 0.717) is 25.9 Å². The molecule has 2 nitrogen and oxygen atoms in total. The summed E-state index contributed by atoms with van der Waals surface area (Å²) < 4.78 is 15.4. The molecule has 0 fully saturated rings. The van der Waals surface area contributed by atoms with Crippen LogP contribution in [0, 0.1) is 9.52 Å². The molecule has 0 aliphatic heterocycles. The number of aromatic nitrogens is 2. The van der Waals surface area contributed by atoms with Crippen molar-refractivity contribution in [2.75, 3.05) is 0 Å². The van der Waals surface area contributed by atoms with Crippen LogP contribution >= 0.6 is 45.8 Å². The first kappa shape index (κ1) is 12.1. The number of halogens is 4. The summed E-state index contributed by atoms with van der Waals surface area (Å²) in [7, 11) is 0. The van der Waals surface area contributed by atoms with Crippen molar-refractivity contribution in [2.45, 2.75) is 6.54 Å². The van der Waals surface area contributed by atoms with E-state index < -0.39 is 0 Å². The Labute approximate surface area is 115 Å². The normalized spacial score (nSPS) is 10.8. The fourth-order valence-electron chi connectivity index (χ4n) is 1.29. The van der Waals surface area contributed by atoms with Crippen molar-refractivity contribution in [3.05, 3.63) is 49.5 Å². The van der Waals surface area contributed by atoms with Gasteiger partial charge in [-0.2, -0.15) is 5.10 Å². The number of hydrogen-bond donors (Lipinski definition) is 0. The molecule has 0 unspecified atom stereocenters. The van der Waals surface area contributed by atoms with Crippen LogP contribution in [-0.2, 0) is 6.54 Å². The first-order chi connectivity index (χ1) is 7.56.